The minimum atomic E-state index is -0.544. The van der Waals surface area contributed by atoms with Crippen molar-refractivity contribution in [2.45, 2.75) is 26.5 Å². The van der Waals surface area contributed by atoms with Crippen LogP contribution < -0.4 is 10.1 Å². The second kappa shape index (κ2) is 10.5. The van der Waals surface area contributed by atoms with Gasteiger partial charge in [0.25, 0.3) is 5.91 Å². The van der Waals surface area contributed by atoms with Gasteiger partial charge in [-0.1, -0.05) is 23.7 Å². The van der Waals surface area contributed by atoms with Crippen LogP contribution >= 0.6 is 11.6 Å². The molecular formula is C28H24ClFN6O2. The molecule has 2 aromatic carbocycles. The van der Waals surface area contributed by atoms with Crippen molar-refractivity contribution in [2.24, 2.45) is 7.05 Å². The second-order valence-corrected chi connectivity index (χ2v) is 9.25. The Labute approximate surface area is 223 Å². The number of nitrogens with zero attached hydrogens (tertiary/aromatic N) is 5. The lowest BCUT2D eigenvalue weighted by molar-refractivity contribution is 0.0939. The van der Waals surface area contributed by atoms with E-state index in [2.05, 4.69) is 20.4 Å². The normalized spacial score (nSPS) is 11.9. The summed E-state index contributed by atoms with van der Waals surface area (Å²) in [6.45, 7) is 3.71. The molecule has 0 aliphatic heterocycles. The second-order valence-electron chi connectivity index (χ2n) is 8.85. The number of hydrogen-bond acceptors (Lipinski definition) is 6. The predicted molar refractivity (Wildman–Crippen MR) is 142 cm³/mol. The highest BCUT2D eigenvalue weighted by Crippen LogP contribution is 2.34. The maximum Gasteiger partial charge on any atom is 0.251 e. The summed E-state index contributed by atoms with van der Waals surface area (Å²) in [5.41, 5.74) is 3.85. The number of nitrogens with one attached hydrogen (secondary N) is 1. The van der Waals surface area contributed by atoms with Crippen molar-refractivity contribution < 1.29 is 13.9 Å². The molecule has 0 unspecified atom stereocenters. The summed E-state index contributed by atoms with van der Waals surface area (Å²) < 4.78 is 22.3. The van der Waals surface area contributed by atoms with E-state index in [0.717, 1.165) is 16.6 Å². The fraction of sp³-hybridized carbons (Fsp3) is 0.179. The summed E-state index contributed by atoms with van der Waals surface area (Å²) in [6.07, 6.45) is 4.57. The van der Waals surface area contributed by atoms with Gasteiger partial charge in [-0.3, -0.25) is 9.78 Å². The summed E-state index contributed by atoms with van der Waals surface area (Å²) in [6, 6.07) is 12.9. The maximum atomic E-state index is 14.4. The molecule has 5 aromatic rings. The van der Waals surface area contributed by atoms with E-state index in [1.54, 1.807) is 23.7 Å². The molecule has 0 radical (unpaired) electrons. The van der Waals surface area contributed by atoms with E-state index in [1.807, 2.05) is 38.2 Å². The summed E-state index contributed by atoms with van der Waals surface area (Å²) >= 11 is 6.48. The Balaban J connectivity index is 1.47. The van der Waals surface area contributed by atoms with Crippen LogP contribution in [-0.4, -0.2) is 30.6 Å². The van der Waals surface area contributed by atoms with Gasteiger partial charge in [-0.15, -0.1) is 0 Å². The third-order valence-corrected chi connectivity index (χ3v) is 6.54. The Morgan fingerprint density at radius 3 is 2.71 bits per heavy atom. The lowest BCUT2D eigenvalue weighted by Gasteiger charge is -2.20. The van der Waals surface area contributed by atoms with Crippen LogP contribution in [0.4, 0.5) is 4.39 Å². The number of para-hydroxylation sites is 1. The zero-order valence-corrected chi connectivity index (χ0v) is 21.7. The third kappa shape index (κ3) is 5.05. The SMILES string of the molecule is Cc1cc(-c2ncnn2C)c2cccc(OCc3c(Cl)cc(F)cc3[C@H](C)NC(=O)c3ccncc3)c2n1. The molecule has 1 amide bonds. The molecule has 8 nitrogen and oxygen atoms in total. The van der Waals surface area contributed by atoms with Gasteiger partial charge >= 0.3 is 0 Å². The quantitative estimate of drug-likeness (QED) is 0.294. The fourth-order valence-electron chi connectivity index (χ4n) is 4.36. The van der Waals surface area contributed by atoms with Gasteiger partial charge in [0, 0.05) is 47.2 Å². The number of carbonyl (C=O) groups is 1. The van der Waals surface area contributed by atoms with E-state index in [4.69, 9.17) is 21.3 Å². The molecule has 0 spiro atoms. The summed E-state index contributed by atoms with van der Waals surface area (Å²) in [5.74, 6) is 0.432. The first-order chi connectivity index (χ1) is 18.3. The lowest BCUT2D eigenvalue weighted by Crippen LogP contribution is -2.27. The van der Waals surface area contributed by atoms with E-state index in [9.17, 15) is 9.18 Å². The molecule has 0 saturated carbocycles. The average molecular weight is 531 g/mol. The number of ether oxygens (including phenoxy) is 1. The van der Waals surface area contributed by atoms with Gasteiger partial charge in [0.15, 0.2) is 5.82 Å². The van der Waals surface area contributed by atoms with Crippen LogP contribution in [0.5, 0.6) is 5.75 Å². The summed E-state index contributed by atoms with van der Waals surface area (Å²) in [4.78, 5) is 25.7. The number of hydrogen-bond donors (Lipinski definition) is 1. The highest BCUT2D eigenvalue weighted by molar-refractivity contribution is 6.31. The number of halogens is 2. The number of fused-ring (bicyclic) bond motifs is 1. The Kier molecular flexibility index (Phi) is 7.02. The molecule has 0 bridgehead atoms. The zero-order valence-electron chi connectivity index (χ0n) is 20.9. The van der Waals surface area contributed by atoms with E-state index >= 15 is 0 Å². The molecule has 3 heterocycles. The topological polar surface area (TPSA) is 94.8 Å². The number of amides is 1. The van der Waals surface area contributed by atoms with Crippen molar-refractivity contribution >= 4 is 28.4 Å². The predicted octanol–water partition coefficient (Wildman–Crippen LogP) is 5.60. The molecule has 3 aromatic heterocycles. The largest absolute Gasteiger partial charge is 0.487 e. The van der Waals surface area contributed by atoms with E-state index < -0.39 is 11.9 Å². The first-order valence-electron chi connectivity index (χ1n) is 11.9. The standard InChI is InChI=1S/C28H24ClFN6O2/c1-16-11-22(27-32-15-33-36(27)3)20-5-4-6-25(26(20)34-16)38-14-23-21(12-19(30)13-24(23)29)17(2)35-28(37)18-7-9-31-10-8-18/h4-13,15,17H,14H2,1-3H3,(H,35,37)/t17-/m0/s1. The van der Waals surface area contributed by atoms with Crippen molar-refractivity contribution in [2.75, 3.05) is 0 Å². The smallest absolute Gasteiger partial charge is 0.251 e. The molecule has 192 valence electrons. The van der Waals surface area contributed by atoms with Gasteiger partial charge in [-0.2, -0.15) is 5.10 Å². The Bertz CT molecular complexity index is 1640. The minimum absolute atomic E-state index is 0.0396. The molecule has 1 N–H and O–H groups in total. The summed E-state index contributed by atoms with van der Waals surface area (Å²) in [5, 5.41) is 8.14. The molecule has 0 saturated heterocycles. The van der Waals surface area contributed by atoms with Crippen LogP contribution in [0.2, 0.25) is 5.02 Å². The Hall–Kier alpha value is -4.37. The van der Waals surface area contributed by atoms with E-state index in [1.165, 1.54) is 30.9 Å². The Morgan fingerprint density at radius 2 is 1.97 bits per heavy atom. The van der Waals surface area contributed by atoms with Crippen LogP contribution in [0.25, 0.3) is 22.3 Å². The fourth-order valence-corrected chi connectivity index (χ4v) is 4.63. The van der Waals surface area contributed by atoms with Crippen molar-refractivity contribution in [3.63, 3.8) is 0 Å². The summed E-state index contributed by atoms with van der Waals surface area (Å²) in [7, 11) is 1.83. The van der Waals surface area contributed by atoms with E-state index in [-0.39, 0.29) is 17.5 Å². The molecule has 0 fully saturated rings. The molecule has 10 heteroatoms. The van der Waals surface area contributed by atoms with E-state index in [0.29, 0.717) is 33.8 Å². The van der Waals surface area contributed by atoms with Gasteiger partial charge in [0.05, 0.1) is 11.1 Å². The number of benzene rings is 2. The van der Waals surface area contributed by atoms with Gasteiger partial charge in [0.2, 0.25) is 0 Å². The molecular weight excluding hydrogens is 507 g/mol. The van der Waals surface area contributed by atoms with Gasteiger partial charge in [0.1, 0.15) is 30.0 Å². The number of aromatic nitrogens is 5. The number of aryl methyl sites for hydroxylation is 2. The van der Waals surface area contributed by atoms with Crippen molar-refractivity contribution in [1.29, 1.82) is 0 Å². The number of carbonyl (C=O) groups excluding carboxylic acids is 1. The van der Waals surface area contributed by atoms with Gasteiger partial charge in [-0.05, 0) is 55.8 Å². The molecule has 5 rings (SSSR count). The first-order valence-corrected chi connectivity index (χ1v) is 12.3. The monoisotopic (exact) mass is 530 g/mol. The van der Waals surface area contributed by atoms with Crippen molar-refractivity contribution in [3.05, 3.63) is 100 Å². The van der Waals surface area contributed by atoms with Crippen LogP contribution in [0.3, 0.4) is 0 Å². The molecule has 38 heavy (non-hydrogen) atoms. The Morgan fingerprint density at radius 1 is 1.18 bits per heavy atom. The molecule has 1 atom stereocenters. The van der Waals surface area contributed by atoms with Gasteiger partial charge in [-0.25, -0.2) is 19.0 Å². The lowest BCUT2D eigenvalue weighted by atomic mass is 10.0. The average Bonchev–Trinajstić information content (AvgIpc) is 3.33. The number of rotatable bonds is 7. The zero-order chi connectivity index (χ0) is 26.8. The van der Waals surface area contributed by atoms with Crippen LogP contribution in [-0.2, 0) is 13.7 Å². The van der Waals surface area contributed by atoms with Crippen molar-refractivity contribution in [3.8, 4) is 17.1 Å². The minimum Gasteiger partial charge on any atom is -0.487 e. The maximum absolute atomic E-state index is 14.4. The molecule has 0 aliphatic carbocycles. The first kappa shape index (κ1) is 25.3. The van der Waals surface area contributed by atoms with Crippen LogP contribution in [0.15, 0.2) is 67.3 Å². The third-order valence-electron chi connectivity index (χ3n) is 6.21. The van der Waals surface area contributed by atoms with Crippen molar-refractivity contribution in [1.82, 2.24) is 30.0 Å². The highest BCUT2D eigenvalue weighted by Gasteiger charge is 2.20. The van der Waals surface area contributed by atoms with Gasteiger partial charge < -0.3 is 10.1 Å². The van der Waals surface area contributed by atoms with Crippen LogP contribution in [0.1, 0.15) is 40.1 Å². The number of pyridine rings is 2. The molecule has 0 aliphatic rings. The van der Waals surface area contributed by atoms with Crippen LogP contribution in [0, 0.1) is 12.7 Å². The highest BCUT2D eigenvalue weighted by atomic mass is 35.5.